The molecule has 3 N–H and O–H groups in total. The summed E-state index contributed by atoms with van der Waals surface area (Å²) in [6.07, 6.45) is 0. The van der Waals surface area contributed by atoms with Gasteiger partial charge in [0.15, 0.2) is 0 Å². The molecule has 0 saturated heterocycles. The minimum Gasteiger partial charge on any atom is -0.349 e. The lowest BCUT2D eigenvalue weighted by molar-refractivity contribution is 0.0929. The van der Waals surface area contributed by atoms with E-state index in [9.17, 15) is 13.2 Å². The van der Waals surface area contributed by atoms with Crippen LogP contribution in [0.4, 0.5) is 0 Å². The highest BCUT2D eigenvalue weighted by atomic mass is 32.2. The highest BCUT2D eigenvalue weighted by molar-refractivity contribution is 7.89. The van der Waals surface area contributed by atoms with Gasteiger partial charge in [0.25, 0.3) is 5.91 Å². The summed E-state index contributed by atoms with van der Waals surface area (Å²) in [6.45, 7) is 7.65. The van der Waals surface area contributed by atoms with Crippen molar-refractivity contribution in [3.8, 4) is 0 Å². The maximum atomic E-state index is 12.1. The first kappa shape index (κ1) is 15.7. The maximum absolute atomic E-state index is 12.1. The summed E-state index contributed by atoms with van der Waals surface area (Å²) in [7, 11) is -3.80. The van der Waals surface area contributed by atoms with Crippen molar-refractivity contribution >= 4 is 15.9 Å². The molecule has 0 aliphatic rings. The first-order chi connectivity index (χ1) is 8.62. The fraction of sp³-hybridized carbons (Fsp3) is 0.462. The Morgan fingerprint density at radius 3 is 2.32 bits per heavy atom. The van der Waals surface area contributed by atoms with Crippen LogP contribution in [0.15, 0.2) is 23.1 Å². The number of carbonyl (C=O) groups excluding carboxylic acids is 1. The predicted octanol–water partition coefficient (Wildman–Crippen LogP) is 1.42. The van der Waals surface area contributed by atoms with Crippen LogP contribution >= 0.6 is 0 Å². The molecule has 106 valence electrons. The number of hydrogen-bond donors (Lipinski definition) is 2. The molecule has 0 fully saturated rings. The third-order valence-electron chi connectivity index (χ3n) is 3.14. The number of hydrogen-bond acceptors (Lipinski definition) is 3. The number of nitrogens with one attached hydrogen (secondary N) is 1. The molecule has 1 aromatic rings. The molecule has 6 heteroatoms. The SMILES string of the molecule is Cc1ccc(S(N)(=O)=O)cc1C(=O)NC(C)C(C)C. The van der Waals surface area contributed by atoms with Crippen LogP contribution in [0.25, 0.3) is 0 Å². The Bertz CT molecular complexity index is 580. The lowest BCUT2D eigenvalue weighted by Gasteiger charge is -2.18. The third-order valence-corrected chi connectivity index (χ3v) is 4.05. The molecule has 1 rings (SSSR count). The molecule has 0 bridgehead atoms. The summed E-state index contributed by atoms with van der Waals surface area (Å²) in [4.78, 5) is 12.1. The van der Waals surface area contributed by atoms with Gasteiger partial charge in [-0.3, -0.25) is 4.79 Å². The number of amides is 1. The first-order valence-corrected chi connectivity index (χ1v) is 7.62. The number of rotatable bonds is 4. The molecule has 0 spiro atoms. The lowest BCUT2D eigenvalue weighted by Crippen LogP contribution is -2.36. The van der Waals surface area contributed by atoms with E-state index in [1.807, 2.05) is 20.8 Å². The van der Waals surface area contributed by atoms with Crippen LogP contribution in [0, 0.1) is 12.8 Å². The van der Waals surface area contributed by atoms with Crippen LogP contribution in [-0.4, -0.2) is 20.4 Å². The van der Waals surface area contributed by atoms with Crippen LogP contribution in [0.1, 0.15) is 36.7 Å². The van der Waals surface area contributed by atoms with E-state index in [0.717, 1.165) is 0 Å². The van der Waals surface area contributed by atoms with Gasteiger partial charge in [0.05, 0.1) is 4.90 Å². The molecule has 0 aromatic heterocycles. The number of nitrogens with two attached hydrogens (primary N) is 1. The van der Waals surface area contributed by atoms with Crippen LogP contribution in [-0.2, 0) is 10.0 Å². The van der Waals surface area contributed by atoms with Crippen molar-refractivity contribution < 1.29 is 13.2 Å². The molecule has 1 aromatic carbocycles. The Balaban J connectivity index is 3.10. The van der Waals surface area contributed by atoms with Crippen molar-refractivity contribution in [2.24, 2.45) is 11.1 Å². The Labute approximate surface area is 114 Å². The molecule has 1 amide bonds. The van der Waals surface area contributed by atoms with E-state index in [2.05, 4.69) is 5.32 Å². The average Bonchev–Trinajstić information content (AvgIpc) is 2.27. The second-order valence-corrected chi connectivity index (χ2v) is 6.59. The second kappa shape index (κ2) is 5.71. The molecule has 19 heavy (non-hydrogen) atoms. The van der Waals surface area contributed by atoms with Crippen molar-refractivity contribution in [1.82, 2.24) is 5.32 Å². The van der Waals surface area contributed by atoms with Gasteiger partial charge in [-0.05, 0) is 37.5 Å². The molecule has 0 aliphatic carbocycles. The topological polar surface area (TPSA) is 89.3 Å². The summed E-state index contributed by atoms with van der Waals surface area (Å²) < 4.78 is 22.6. The van der Waals surface area contributed by atoms with Crippen molar-refractivity contribution in [3.63, 3.8) is 0 Å². The van der Waals surface area contributed by atoms with Gasteiger partial charge in [0.2, 0.25) is 10.0 Å². The molecule has 1 unspecified atom stereocenters. The largest absolute Gasteiger partial charge is 0.349 e. The first-order valence-electron chi connectivity index (χ1n) is 6.07. The number of primary sulfonamides is 1. The van der Waals surface area contributed by atoms with Crippen LogP contribution < -0.4 is 10.5 Å². The minimum atomic E-state index is -3.80. The third kappa shape index (κ3) is 4.04. The van der Waals surface area contributed by atoms with Crippen LogP contribution in [0.2, 0.25) is 0 Å². The summed E-state index contributed by atoms with van der Waals surface area (Å²) in [5.41, 5.74) is 1.04. The molecule has 0 saturated carbocycles. The van der Waals surface area contributed by atoms with E-state index in [4.69, 9.17) is 5.14 Å². The van der Waals surface area contributed by atoms with Crippen molar-refractivity contribution in [2.75, 3.05) is 0 Å². The molecular formula is C13H20N2O3S. The Morgan fingerprint density at radius 1 is 1.26 bits per heavy atom. The van der Waals surface area contributed by atoms with Gasteiger partial charge < -0.3 is 5.32 Å². The second-order valence-electron chi connectivity index (χ2n) is 5.03. The predicted molar refractivity (Wildman–Crippen MR) is 74.3 cm³/mol. The standard InChI is InChI=1S/C13H20N2O3S/c1-8(2)10(4)15-13(16)12-7-11(19(14,17)18)6-5-9(12)3/h5-8,10H,1-4H3,(H,15,16)(H2,14,17,18). The van der Waals surface area contributed by atoms with Crippen molar-refractivity contribution in [2.45, 2.75) is 38.6 Å². The van der Waals surface area contributed by atoms with Crippen molar-refractivity contribution in [1.29, 1.82) is 0 Å². The molecule has 1 atom stereocenters. The molecular weight excluding hydrogens is 264 g/mol. The van der Waals surface area contributed by atoms with Gasteiger partial charge in [0.1, 0.15) is 0 Å². The summed E-state index contributed by atoms with van der Waals surface area (Å²) in [5, 5.41) is 7.91. The Hall–Kier alpha value is -1.40. The number of sulfonamides is 1. The molecule has 5 nitrogen and oxygen atoms in total. The zero-order valence-electron chi connectivity index (χ0n) is 11.6. The monoisotopic (exact) mass is 284 g/mol. The normalized spacial score (nSPS) is 13.4. The van der Waals surface area contributed by atoms with Gasteiger partial charge in [-0.15, -0.1) is 0 Å². The zero-order chi connectivity index (χ0) is 14.8. The van der Waals surface area contributed by atoms with Crippen LogP contribution in [0.3, 0.4) is 0 Å². The summed E-state index contributed by atoms with van der Waals surface area (Å²) in [6, 6.07) is 4.29. The van der Waals surface area contributed by atoms with E-state index in [-0.39, 0.29) is 16.8 Å². The molecule has 0 aliphatic heterocycles. The highest BCUT2D eigenvalue weighted by Gasteiger charge is 2.17. The maximum Gasteiger partial charge on any atom is 0.251 e. The zero-order valence-corrected chi connectivity index (χ0v) is 12.4. The highest BCUT2D eigenvalue weighted by Crippen LogP contribution is 2.15. The minimum absolute atomic E-state index is 0.00467. The van der Waals surface area contributed by atoms with Gasteiger partial charge in [-0.2, -0.15) is 0 Å². The quantitative estimate of drug-likeness (QED) is 0.876. The smallest absolute Gasteiger partial charge is 0.251 e. The van der Waals surface area contributed by atoms with Gasteiger partial charge in [-0.25, -0.2) is 13.6 Å². The van der Waals surface area contributed by atoms with E-state index >= 15 is 0 Å². The fourth-order valence-corrected chi connectivity index (χ4v) is 2.01. The van der Waals surface area contributed by atoms with E-state index in [0.29, 0.717) is 17.0 Å². The Kier molecular flexibility index (Phi) is 4.70. The van der Waals surface area contributed by atoms with E-state index in [1.54, 1.807) is 13.0 Å². The average molecular weight is 284 g/mol. The number of benzene rings is 1. The number of aryl methyl sites for hydroxylation is 1. The number of carbonyl (C=O) groups is 1. The molecule has 0 heterocycles. The Morgan fingerprint density at radius 2 is 1.84 bits per heavy atom. The summed E-state index contributed by atoms with van der Waals surface area (Å²) >= 11 is 0. The van der Waals surface area contributed by atoms with Gasteiger partial charge in [-0.1, -0.05) is 19.9 Å². The fourth-order valence-electron chi connectivity index (χ4n) is 1.47. The van der Waals surface area contributed by atoms with Crippen molar-refractivity contribution in [3.05, 3.63) is 29.3 Å². The van der Waals surface area contributed by atoms with E-state index in [1.165, 1.54) is 12.1 Å². The van der Waals surface area contributed by atoms with Gasteiger partial charge in [0, 0.05) is 11.6 Å². The van der Waals surface area contributed by atoms with E-state index < -0.39 is 10.0 Å². The lowest BCUT2D eigenvalue weighted by atomic mass is 10.0. The molecule has 0 radical (unpaired) electrons. The summed E-state index contributed by atoms with van der Waals surface area (Å²) in [5.74, 6) is 0.00915. The van der Waals surface area contributed by atoms with Gasteiger partial charge >= 0.3 is 0 Å². The van der Waals surface area contributed by atoms with Crippen LogP contribution in [0.5, 0.6) is 0 Å².